The molecule has 0 spiro atoms. The predicted octanol–water partition coefficient (Wildman–Crippen LogP) is 4.50. The summed E-state index contributed by atoms with van der Waals surface area (Å²) in [4.78, 5) is 22.7. The fourth-order valence-electron chi connectivity index (χ4n) is 2.36. The van der Waals surface area contributed by atoms with E-state index in [-0.39, 0.29) is 29.9 Å². The average molecular weight is 382 g/mol. The predicted molar refractivity (Wildman–Crippen MR) is 99.3 cm³/mol. The lowest BCUT2D eigenvalue weighted by Gasteiger charge is -2.16. The van der Waals surface area contributed by atoms with Gasteiger partial charge in [0.25, 0.3) is 5.69 Å². The highest BCUT2D eigenvalue weighted by atomic mass is 35.5. The summed E-state index contributed by atoms with van der Waals surface area (Å²) in [5.41, 5.74) is 1.50. The summed E-state index contributed by atoms with van der Waals surface area (Å²) in [5.74, 6) is -0.380. The third kappa shape index (κ3) is 4.92. The van der Waals surface area contributed by atoms with Crippen molar-refractivity contribution in [1.29, 1.82) is 0 Å². The molecular formula is C17H17Cl2N3O3. The largest absolute Gasteiger partial charge is 0.319 e. The maximum absolute atomic E-state index is 12.2. The minimum absolute atomic E-state index is 0.0222. The van der Waals surface area contributed by atoms with Crippen LogP contribution in [0.4, 0.5) is 11.4 Å². The number of nitro groups is 1. The molecule has 132 valence electrons. The Morgan fingerprint density at radius 2 is 2.00 bits per heavy atom. The number of nitrogens with one attached hydrogen (secondary N) is 2. The lowest BCUT2D eigenvalue weighted by molar-refractivity contribution is -0.384. The van der Waals surface area contributed by atoms with Crippen molar-refractivity contribution in [3.05, 3.63) is 67.7 Å². The van der Waals surface area contributed by atoms with Crippen LogP contribution in [-0.2, 0) is 4.79 Å². The van der Waals surface area contributed by atoms with Crippen molar-refractivity contribution in [2.75, 3.05) is 11.9 Å². The quantitative estimate of drug-likeness (QED) is 0.569. The Bertz CT molecular complexity index is 812. The molecule has 0 aliphatic heterocycles. The van der Waals surface area contributed by atoms with E-state index < -0.39 is 4.92 Å². The third-order valence-corrected chi connectivity index (χ3v) is 4.27. The summed E-state index contributed by atoms with van der Waals surface area (Å²) in [7, 11) is 0. The zero-order chi connectivity index (χ0) is 18.6. The van der Waals surface area contributed by atoms with E-state index >= 15 is 0 Å². The van der Waals surface area contributed by atoms with Crippen LogP contribution in [0.1, 0.15) is 24.1 Å². The Morgan fingerprint density at radius 1 is 1.28 bits per heavy atom. The van der Waals surface area contributed by atoms with E-state index in [0.29, 0.717) is 15.6 Å². The second-order valence-electron chi connectivity index (χ2n) is 5.54. The van der Waals surface area contributed by atoms with Gasteiger partial charge in [-0.1, -0.05) is 41.4 Å². The summed E-state index contributed by atoms with van der Waals surface area (Å²) >= 11 is 12.0. The van der Waals surface area contributed by atoms with Crippen molar-refractivity contribution < 1.29 is 9.72 Å². The lowest BCUT2D eigenvalue weighted by Crippen LogP contribution is -2.30. The molecule has 25 heavy (non-hydrogen) atoms. The molecule has 0 fully saturated rings. The lowest BCUT2D eigenvalue weighted by atomic mass is 10.1. The fourth-order valence-corrected chi connectivity index (χ4v) is 2.93. The number of carbonyl (C=O) groups is 1. The molecule has 0 unspecified atom stereocenters. The summed E-state index contributed by atoms with van der Waals surface area (Å²) in [6, 6.07) is 9.57. The first kappa shape index (κ1) is 19.2. The normalized spacial score (nSPS) is 11.8. The molecule has 1 atom stereocenters. The van der Waals surface area contributed by atoms with Crippen LogP contribution in [0.15, 0.2) is 36.4 Å². The van der Waals surface area contributed by atoms with E-state index in [1.807, 2.05) is 6.92 Å². The van der Waals surface area contributed by atoms with Crippen LogP contribution >= 0.6 is 23.2 Å². The summed E-state index contributed by atoms with van der Waals surface area (Å²) in [5, 5.41) is 17.8. The number of nitrogens with zero attached hydrogens (tertiary/aromatic N) is 1. The van der Waals surface area contributed by atoms with E-state index in [0.717, 1.165) is 5.56 Å². The van der Waals surface area contributed by atoms with Crippen LogP contribution in [0.3, 0.4) is 0 Å². The topological polar surface area (TPSA) is 84.3 Å². The molecule has 2 N–H and O–H groups in total. The van der Waals surface area contributed by atoms with E-state index in [4.69, 9.17) is 23.2 Å². The van der Waals surface area contributed by atoms with Gasteiger partial charge in [-0.15, -0.1) is 0 Å². The Hall–Kier alpha value is -2.15. The molecule has 0 aliphatic rings. The monoisotopic (exact) mass is 381 g/mol. The number of benzene rings is 2. The first-order valence-electron chi connectivity index (χ1n) is 7.51. The van der Waals surface area contributed by atoms with E-state index in [9.17, 15) is 14.9 Å². The highest BCUT2D eigenvalue weighted by molar-refractivity contribution is 6.35. The Balaban J connectivity index is 2.03. The van der Waals surface area contributed by atoms with Crippen LogP contribution in [0, 0.1) is 17.0 Å². The van der Waals surface area contributed by atoms with E-state index in [2.05, 4.69) is 10.6 Å². The van der Waals surface area contributed by atoms with Gasteiger partial charge in [-0.3, -0.25) is 14.9 Å². The molecule has 8 heteroatoms. The molecule has 6 nitrogen and oxygen atoms in total. The molecule has 2 aromatic carbocycles. The van der Waals surface area contributed by atoms with Gasteiger partial charge >= 0.3 is 0 Å². The van der Waals surface area contributed by atoms with E-state index in [1.165, 1.54) is 6.07 Å². The number of aryl methyl sites for hydroxylation is 1. The number of hydrogen-bond donors (Lipinski definition) is 2. The summed E-state index contributed by atoms with van der Waals surface area (Å²) in [6.07, 6.45) is 0. The summed E-state index contributed by atoms with van der Waals surface area (Å²) in [6.45, 7) is 3.54. The maximum Gasteiger partial charge on any atom is 0.293 e. The van der Waals surface area contributed by atoms with Crippen LogP contribution in [0.25, 0.3) is 0 Å². The first-order chi connectivity index (χ1) is 11.8. The number of halogens is 2. The van der Waals surface area contributed by atoms with Crippen molar-refractivity contribution in [3.8, 4) is 0 Å². The number of hydrogen-bond acceptors (Lipinski definition) is 4. The van der Waals surface area contributed by atoms with Crippen LogP contribution in [0.2, 0.25) is 10.0 Å². The standard InChI is InChI=1S/C17H17Cl2N3O3/c1-10-4-3-5-15(22(24)25)17(10)21-16(23)9-20-11(2)13-7-6-12(18)8-14(13)19/h3-8,11,20H,9H2,1-2H3,(H,21,23)/t11-/m0/s1. The van der Waals surface area contributed by atoms with Gasteiger partial charge in [-0.2, -0.15) is 0 Å². The molecule has 0 aliphatic carbocycles. The van der Waals surface area contributed by atoms with Crippen molar-refractivity contribution in [2.45, 2.75) is 19.9 Å². The van der Waals surface area contributed by atoms with E-state index in [1.54, 1.807) is 37.3 Å². The number of rotatable bonds is 6. The molecule has 1 amide bonds. The summed E-state index contributed by atoms with van der Waals surface area (Å²) < 4.78 is 0. The molecule has 0 radical (unpaired) electrons. The Kier molecular flexibility index (Phi) is 6.36. The van der Waals surface area contributed by atoms with Crippen LogP contribution < -0.4 is 10.6 Å². The molecular weight excluding hydrogens is 365 g/mol. The van der Waals surface area contributed by atoms with Gasteiger partial charge in [-0.05, 0) is 37.1 Å². The van der Waals surface area contributed by atoms with Gasteiger partial charge in [0.1, 0.15) is 5.69 Å². The molecule has 0 saturated carbocycles. The first-order valence-corrected chi connectivity index (χ1v) is 8.27. The van der Waals surface area contributed by atoms with Crippen molar-refractivity contribution in [1.82, 2.24) is 5.32 Å². The number of anilines is 1. The Morgan fingerprint density at radius 3 is 2.64 bits per heavy atom. The minimum Gasteiger partial charge on any atom is -0.319 e. The Labute approximate surface area is 155 Å². The minimum atomic E-state index is -0.522. The second-order valence-corrected chi connectivity index (χ2v) is 6.39. The number of carbonyl (C=O) groups excluding carboxylic acids is 1. The second kappa shape index (κ2) is 8.29. The average Bonchev–Trinajstić information content (AvgIpc) is 2.54. The fraction of sp³-hybridized carbons (Fsp3) is 0.235. The molecule has 0 bridgehead atoms. The molecule has 2 rings (SSSR count). The van der Waals surface area contributed by atoms with Crippen molar-refractivity contribution >= 4 is 40.5 Å². The zero-order valence-corrected chi connectivity index (χ0v) is 15.2. The van der Waals surface area contributed by atoms with Gasteiger partial charge in [-0.25, -0.2) is 0 Å². The molecule has 0 aromatic heterocycles. The van der Waals surface area contributed by atoms with Crippen LogP contribution in [-0.4, -0.2) is 17.4 Å². The molecule has 0 heterocycles. The third-order valence-electron chi connectivity index (χ3n) is 3.71. The van der Waals surface area contributed by atoms with Gasteiger partial charge < -0.3 is 10.6 Å². The van der Waals surface area contributed by atoms with Crippen molar-refractivity contribution in [3.63, 3.8) is 0 Å². The number of amides is 1. The highest BCUT2D eigenvalue weighted by Crippen LogP contribution is 2.28. The van der Waals surface area contributed by atoms with Gasteiger partial charge in [0.15, 0.2) is 0 Å². The van der Waals surface area contributed by atoms with Gasteiger partial charge in [0.2, 0.25) is 5.91 Å². The maximum atomic E-state index is 12.2. The zero-order valence-electron chi connectivity index (χ0n) is 13.7. The van der Waals surface area contributed by atoms with Crippen LogP contribution in [0.5, 0.6) is 0 Å². The van der Waals surface area contributed by atoms with Crippen molar-refractivity contribution in [2.24, 2.45) is 0 Å². The number of nitro benzene ring substituents is 1. The highest BCUT2D eigenvalue weighted by Gasteiger charge is 2.18. The molecule has 2 aromatic rings. The van der Waals surface area contributed by atoms with Gasteiger partial charge in [0.05, 0.1) is 11.5 Å². The number of para-hydroxylation sites is 1. The van der Waals surface area contributed by atoms with Gasteiger partial charge in [0, 0.05) is 22.2 Å². The smallest absolute Gasteiger partial charge is 0.293 e. The molecule has 0 saturated heterocycles. The SMILES string of the molecule is Cc1cccc([N+](=O)[O-])c1NC(=O)CN[C@@H](C)c1ccc(Cl)cc1Cl.